The minimum atomic E-state index is -0.343. The standard InChI is InChI=1S/C19H19NO3/c1-12-6-7-17-15(10-19(22)23-18(17)8-12)11-20-13(2)14-4-3-5-16(21)9-14/h3-10,13,20-21H,11H2,1-2H3/t13-/m0/s1. The lowest BCUT2D eigenvalue weighted by Gasteiger charge is -2.15. The molecule has 0 fully saturated rings. The van der Waals surface area contributed by atoms with Crippen molar-refractivity contribution in [2.24, 2.45) is 0 Å². The van der Waals surface area contributed by atoms with Crippen LogP contribution in [0.1, 0.15) is 29.7 Å². The fraction of sp³-hybridized carbons (Fsp3) is 0.211. The van der Waals surface area contributed by atoms with E-state index in [2.05, 4.69) is 5.32 Å². The predicted molar refractivity (Wildman–Crippen MR) is 90.6 cm³/mol. The normalized spacial score (nSPS) is 12.4. The molecular weight excluding hydrogens is 290 g/mol. The Morgan fingerprint density at radius 2 is 2.00 bits per heavy atom. The van der Waals surface area contributed by atoms with Crippen LogP contribution < -0.4 is 10.9 Å². The van der Waals surface area contributed by atoms with Crippen LogP contribution in [0.5, 0.6) is 5.75 Å². The van der Waals surface area contributed by atoms with Gasteiger partial charge < -0.3 is 14.8 Å². The summed E-state index contributed by atoms with van der Waals surface area (Å²) in [6.07, 6.45) is 0. The molecule has 118 valence electrons. The maximum absolute atomic E-state index is 11.7. The van der Waals surface area contributed by atoms with E-state index >= 15 is 0 Å². The van der Waals surface area contributed by atoms with E-state index in [4.69, 9.17) is 4.42 Å². The highest BCUT2D eigenvalue weighted by atomic mass is 16.4. The summed E-state index contributed by atoms with van der Waals surface area (Å²) in [6, 6.07) is 14.6. The lowest BCUT2D eigenvalue weighted by atomic mass is 10.1. The van der Waals surface area contributed by atoms with Gasteiger partial charge in [-0.1, -0.05) is 24.3 Å². The van der Waals surface area contributed by atoms with Gasteiger partial charge in [-0.05, 0) is 48.7 Å². The van der Waals surface area contributed by atoms with Crippen LogP contribution in [-0.4, -0.2) is 5.11 Å². The largest absolute Gasteiger partial charge is 0.508 e. The Bertz CT molecular complexity index is 899. The van der Waals surface area contributed by atoms with Crippen molar-refractivity contribution in [2.45, 2.75) is 26.4 Å². The molecule has 23 heavy (non-hydrogen) atoms. The van der Waals surface area contributed by atoms with Crippen LogP contribution >= 0.6 is 0 Å². The monoisotopic (exact) mass is 309 g/mol. The molecular formula is C19H19NO3. The van der Waals surface area contributed by atoms with E-state index in [9.17, 15) is 9.90 Å². The Hall–Kier alpha value is -2.59. The summed E-state index contributed by atoms with van der Waals surface area (Å²) < 4.78 is 5.27. The number of aromatic hydroxyl groups is 1. The summed E-state index contributed by atoms with van der Waals surface area (Å²) >= 11 is 0. The highest BCUT2D eigenvalue weighted by Crippen LogP contribution is 2.21. The Morgan fingerprint density at radius 3 is 2.78 bits per heavy atom. The third-order valence-corrected chi connectivity index (χ3v) is 3.95. The van der Waals surface area contributed by atoms with Crippen molar-refractivity contribution in [2.75, 3.05) is 0 Å². The second-order valence-electron chi connectivity index (χ2n) is 5.79. The number of fused-ring (bicyclic) bond motifs is 1. The third-order valence-electron chi connectivity index (χ3n) is 3.95. The molecule has 1 heterocycles. The molecule has 1 aromatic heterocycles. The minimum absolute atomic E-state index is 0.0508. The number of rotatable bonds is 4. The average molecular weight is 309 g/mol. The molecule has 3 rings (SSSR count). The van der Waals surface area contributed by atoms with E-state index in [1.54, 1.807) is 12.1 Å². The van der Waals surface area contributed by atoms with Gasteiger partial charge in [0.2, 0.25) is 0 Å². The molecule has 3 aromatic rings. The molecule has 0 amide bonds. The van der Waals surface area contributed by atoms with Gasteiger partial charge >= 0.3 is 5.63 Å². The molecule has 0 bridgehead atoms. The third kappa shape index (κ3) is 3.43. The van der Waals surface area contributed by atoms with Crippen LogP contribution in [0.25, 0.3) is 11.0 Å². The van der Waals surface area contributed by atoms with Crippen LogP contribution in [0.3, 0.4) is 0 Å². The van der Waals surface area contributed by atoms with Crippen molar-refractivity contribution in [3.05, 3.63) is 75.6 Å². The first kappa shape index (κ1) is 15.3. The molecule has 1 atom stereocenters. The lowest BCUT2D eigenvalue weighted by Crippen LogP contribution is -2.19. The quantitative estimate of drug-likeness (QED) is 0.722. The Kier molecular flexibility index (Phi) is 4.17. The van der Waals surface area contributed by atoms with Gasteiger partial charge in [-0.3, -0.25) is 0 Å². The maximum atomic E-state index is 11.7. The van der Waals surface area contributed by atoms with Gasteiger partial charge in [0, 0.05) is 24.0 Å². The molecule has 0 aliphatic rings. The summed E-state index contributed by atoms with van der Waals surface area (Å²) in [5, 5.41) is 13.9. The van der Waals surface area contributed by atoms with E-state index in [-0.39, 0.29) is 17.4 Å². The molecule has 0 saturated heterocycles. The number of phenolic OH excluding ortho intramolecular Hbond substituents is 1. The van der Waals surface area contributed by atoms with E-state index in [0.717, 1.165) is 22.1 Å². The van der Waals surface area contributed by atoms with Crippen molar-refractivity contribution in [3.8, 4) is 5.75 Å². The number of aryl methyl sites for hydroxylation is 1. The molecule has 2 aromatic carbocycles. The van der Waals surface area contributed by atoms with Gasteiger partial charge in [0.15, 0.2) is 0 Å². The maximum Gasteiger partial charge on any atom is 0.336 e. The van der Waals surface area contributed by atoms with Gasteiger partial charge in [0.1, 0.15) is 11.3 Å². The summed E-state index contributed by atoms with van der Waals surface area (Å²) in [7, 11) is 0. The van der Waals surface area contributed by atoms with Crippen molar-refractivity contribution >= 4 is 11.0 Å². The van der Waals surface area contributed by atoms with Crippen molar-refractivity contribution in [1.29, 1.82) is 0 Å². The zero-order valence-corrected chi connectivity index (χ0v) is 13.2. The topological polar surface area (TPSA) is 62.5 Å². The van der Waals surface area contributed by atoms with E-state index in [1.807, 2.05) is 44.2 Å². The first-order valence-corrected chi connectivity index (χ1v) is 7.58. The summed E-state index contributed by atoms with van der Waals surface area (Å²) in [4.78, 5) is 11.7. The van der Waals surface area contributed by atoms with Crippen LogP contribution in [0.4, 0.5) is 0 Å². The van der Waals surface area contributed by atoms with Crippen LogP contribution in [-0.2, 0) is 6.54 Å². The second kappa shape index (κ2) is 6.26. The Labute approximate surface area is 134 Å². The highest BCUT2D eigenvalue weighted by molar-refractivity contribution is 5.80. The van der Waals surface area contributed by atoms with Gasteiger partial charge in [0.25, 0.3) is 0 Å². The first-order chi connectivity index (χ1) is 11.0. The molecule has 0 spiro atoms. The van der Waals surface area contributed by atoms with Gasteiger partial charge in [-0.2, -0.15) is 0 Å². The van der Waals surface area contributed by atoms with Crippen LogP contribution in [0, 0.1) is 6.92 Å². The van der Waals surface area contributed by atoms with E-state index in [1.165, 1.54) is 6.07 Å². The molecule has 2 N–H and O–H groups in total. The fourth-order valence-corrected chi connectivity index (χ4v) is 2.66. The first-order valence-electron chi connectivity index (χ1n) is 7.58. The van der Waals surface area contributed by atoms with Crippen LogP contribution in [0.15, 0.2) is 57.7 Å². The van der Waals surface area contributed by atoms with E-state index in [0.29, 0.717) is 12.1 Å². The molecule has 4 heteroatoms. The zero-order chi connectivity index (χ0) is 16.4. The zero-order valence-electron chi connectivity index (χ0n) is 13.2. The Morgan fingerprint density at radius 1 is 1.17 bits per heavy atom. The molecule has 0 saturated carbocycles. The second-order valence-corrected chi connectivity index (χ2v) is 5.79. The highest BCUT2D eigenvalue weighted by Gasteiger charge is 2.09. The number of benzene rings is 2. The van der Waals surface area contributed by atoms with Crippen LogP contribution in [0.2, 0.25) is 0 Å². The Balaban J connectivity index is 1.85. The van der Waals surface area contributed by atoms with Crippen molar-refractivity contribution in [1.82, 2.24) is 5.32 Å². The number of nitrogens with one attached hydrogen (secondary N) is 1. The van der Waals surface area contributed by atoms with E-state index < -0.39 is 0 Å². The molecule has 0 aliphatic heterocycles. The van der Waals surface area contributed by atoms with Gasteiger partial charge in [0.05, 0.1) is 0 Å². The number of hydrogen-bond donors (Lipinski definition) is 2. The molecule has 4 nitrogen and oxygen atoms in total. The SMILES string of the molecule is Cc1ccc2c(CN[C@@H](C)c3cccc(O)c3)cc(=O)oc2c1. The summed E-state index contributed by atoms with van der Waals surface area (Å²) in [5.74, 6) is 0.248. The average Bonchev–Trinajstić information content (AvgIpc) is 2.51. The summed E-state index contributed by atoms with van der Waals surface area (Å²) in [5.41, 5.74) is 3.22. The number of phenols is 1. The predicted octanol–water partition coefficient (Wildman–Crippen LogP) is 3.66. The van der Waals surface area contributed by atoms with Gasteiger partial charge in [-0.15, -0.1) is 0 Å². The molecule has 0 unspecified atom stereocenters. The summed E-state index contributed by atoms with van der Waals surface area (Å²) in [6.45, 7) is 4.53. The lowest BCUT2D eigenvalue weighted by molar-refractivity contribution is 0.472. The van der Waals surface area contributed by atoms with Gasteiger partial charge in [-0.25, -0.2) is 4.79 Å². The van der Waals surface area contributed by atoms with Crippen molar-refractivity contribution in [3.63, 3.8) is 0 Å². The molecule has 0 aliphatic carbocycles. The smallest absolute Gasteiger partial charge is 0.336 e. The van der Waals surface area contributed by atoms with Crippen molar-refractivity contribution < 1.29 is 9.52 Å². The minimum Gasteiger partial charge on any atom is -0.508 e. The fourth-order valence-electron chi connectivity index (χ4n) is 2.66. The molecule has 0 radical (unpaired) electrons. The number of hydrogen-bond acceptors (Lipinski definition) is 4.